The van der Waals surface area contributed by atoms with Crippen LogP contribution in [0.15, 0.2) is 30.3 Å². The maximum absolute atomic E-state index is 13.1. The molecule has 1 N–H and O–H groups in total. The first-order valence-electron chi connectivity index (χ1n) is 9.85. The Labute approximate surface area is 165 Å². The number of Topliss-reactive ketones (excluding diaryl/α,β-unsaturated/α-hetero) is 1. The summed E-state index contributed by atoms with van der Waals surface area (Å²) in [5, 5.41) is 3.49. The molecule has 0 aliphatic carbocycles. The fourth-order valence-electron chi connectivity index (χ4n) is 4.51. The number of carbonyl (C=O) groups is 3. The number of likely N-dealkylation sites (N-methyl/N-ethyl adjacent to an activating group) is 1. The van der Waals surface area contributed by atoms with E-state index in [1.807, 2.05) is 18.2 Å². The summed E-state index contributed by atoms with van der Waals surface area (Å²) >= 11 is 0. The van der Waals surface area contributed by atoms with Crippen molar-refractivity contribution in [3.8, 4) is 0 Å². The van der Waals surface area contributed by atoms with Gasteiger partial charge in [-0.25, -0.2) is 4.79 Å². The van der Waals surface area contributed by atoms with Gasteiger partial charge < -0.3 is 4.90 Å². The first-order valence-corrected chi connectivity index (χ1v) is 9.85. The fraction of sp³-hybridized carbons (Fsp3) is 0.550. The van der Waals surface area contributed by atoms with E-state index in [0.29, 0.717) is 0 Å². The Morgan fingerprint density at radius 2 is 1.93 bits per heavy atom. The Morgan fingerprint density at radius 3 is 2.64 bits per heavy atom. The number of fused-ring (bicyclic) bond motifs is 3. The minimum Gasteiger partial charge on any atom is -0.310 e. The molecule has 0 aromatic heterocycles. The predicted octanol–water partition coefficient (Wildman–Crippen LogP) is 0.301. The maximum Gasteiger partial charge on any atom is 0.328 e. The van der Waals surface area contributed by atoms with Crippen molar-refractivity contribution in [1.29, 1.82) is 0 Å². The van der Waals surface area contributed by atoms with Crippen molar-refractivity contribution in [3.63, 3.8) is 0 Å². The third kappa shape index (κ3) is 3.32. The second kappa shape index (κ2) is 7.62. The summed E-state index contributed by atoms with van der Waals surface area (Å²) in [5.41, 5.74) is 1.28. The van der Waals surface area contributed by atoms with Crippen LogP contribution in [-0.2, 0) is 16.0 Å². The molecule has 1 aromatic rings. The lowest BCUT2D eigenvalue weighted by atomic mass is 10.1. The number of hydrogen-bond acceptors (Lipinski definition) is 6. The summed E-state index contributed by atoms with van der Waals surface area (Å²) in [6.07, 6.45) is 1.45. The highest BCUT2D eigenvalue weighted by atomic mass is 16.2. The monoisotopic (exact) mass is 385 g/mol. The van der Waals surface area contributed by atoms with Crippen LogP contribution in [0.4, 0.5) is 4.79 Å². The van der Waals surface area contributed by atoms with Crippen LogP contribution in [0.25, 0.3) is 0 Å². The second-order valence-electron chi connectivity index (χ2n) is 7.81. The van der Waals surface area contributed by atoms with Crippen molar-refractivity contribution in [3.05, 3.63) is 35.9 Å². The molecule has 3 fully saturated rings. The van der Waals surface area contributed by atoms with Crippen molar-refractivity contribution in [1.82, 2.24) is 24.9 Å². The van der Waals surface area contributed by atoms with Crippen LogP contribution in [0.5, 0.6) is 0 Å². The number of carbonyl (C=O) groups excluding carboxylic acids is 3. The van der Waals surface area contributed by atoms with Crippen molar-refractivity contribution in [2.24, 2.45) is 0 Å². The van der Waals surface area contributed by atoms with E-state index >= 15 is 0 Å². The van der Waals surface area contributed by atoms with E-state index in [2.05, 4.69) is 27.2 Å². The Bertz CT molecular complexity index is 770. The van der Waals surface area contributed by atoms with Crippen LogP contribution in [0.3, 0.4) is 0 Å². The molecule has 0 bridgehead atoms. The molecular weight excluding hydrogens is 358 g/mol. The molecule has 8 heteroatoms. The van der Waals surface area contributed by atoms with Gasteiger partial charge in [-0.2, -0.15) is 0 Å². The van der Waals surface area contributed by atoms with E-state index in [4.69, 9.17) is 0 Å². The summed E-state index contributed by atoms with van der Waals surface area (Å²) in [7, 11) is 1.69. The second-order valence-corrected chi connectivity index (χ2v) is 7.81. The lowest BCUT2D eigenvalue weighted by Gasteiger charge is -2.43. The van der Waals surface area contributed by atoms with E-state index < -0.39 is 12.1 Å². The summed E-state index contributed by atoms with van der Waals surface area (Å²) in [4.78, 5) is 44.4. The van der Waals surface area contributed by atoms with Crippen LogP contribution in [0.2, 0.25) is 0 Å². The first kappa shape index (κ1) is 19.0. The van der Waals surface area contributed by atoms with Gasteiger partial charge in [0.05, 0.1) is 6.54 Å². The van der Waals surface area contributed by atoms with E-state index in [1.54, 1.807) is 11.9 Å². The van der Waals surface area contributed by atoms with Crippen LogP contribution in [-0.4, -0.2) is 89.0 Å². The third-order valence-electron chi connectivity index (χ3n) is 5.88. The zero-order valence-corrected chi connectivity index (χ0v) is 16.4. The SMILES string of the molecule is CC(=O)CN1C(=O)C2C(NC3N(CCc4ccccc4)CCCN23)N(C)C1=O. The molecular formula is C20H27N5O3. The molecule has 1 aromatic carbocycles. The van der Waals surface area contributed by atoms with E-state index in [-0.39, 0.29) is 30.7 Å². The largest absolute Gasteiger partial charge is 0.328 e. The molecule has 3 unspecified atom stereocenters. The number of hydrogen-bond donors (Lipinski definition) is 1. The van der Waals surface area contributed by atoms with E-state index in [1.165, 1.54) is 12.5 Å². The number of nitrogens with one attached hydrogen (secondary N) is 1. The first-order chi connectivity index (χ1) is 13.5. The Hall–Kier alpha value is -2.29. The van der Waals surface area contributed by atoms with Gasteiger partial charge in [0.2, 0.25) is 0 Å². The van der Waals surface area contributed by atoms with Gasteiger partial charge in [0.1, 0.15) is 24.3 Å². The molecule has 3 aliphatic rings. The normalized spacial score (nSPS) is 28.4. The lowest BCUT2D eigenvalue weighted by Crippen LogP contribution is -2.66. The Morgan fingerprint density at radius 1 is 1.18 bits per heavy atom. The average Bonchev–Trinajstić information content (AvgIpc) is 3.09. The zero-order valence-electron chi connectivity index (χ0n) is 16.4. The number of nitrogens with zero attached hydrogens (tertiary/aromatic N) is 4. The Balaban J connectivity index is 1.51. The minimum atomic E-state index is -0.452. The lowest BCUT2D eigenvalue weighted by molar-refractivity contribution is -0.142. The van der Waals surface area contributed by atoms with Gasteiger partial charge in [-0.05, 0) is 25.3 Å². The highest BCUT2D eigenvalue weighted by molar-refractivity contribution is 6.03. The van der Waals surface area contributed by atoms with Crippen molar-refractivity contribution in [2.75, 3.05) is 33.2 Å². The summed E-state index contributed by atoms with van der Waals surface area (Å²) in [5.74, 6) is -0.470. The number of rotatable bonds is 5. The number of ketones is 1. The number of imide groups is 1. The third-order valence-corrected chi connectivity index (χ3v) is 5.88. The van der Waals surface area contributed by atoms with Crippen LogP contribution in [0.1, 0.15) is 18.9 Å². The van der Waals surface area contributed by atoms with Gasteiger partial charge in [0, 0.05) is 26.7 Å². The summed E-state index contributed by atoms with van der Waals surface area (Å²) in [6, 6.07) is 9.49. The molecule has 3 amide bonds. The molecule has 28 heavy (non-hydrogen) atoms. The molecule has 3 saturated heterocycles. The average molecular weight is 385 g/mol. The number of urea groups is 1. The smallest absolute Gasteiger partial charge is 0.310 e. The molecule has 8 nitrogen and oxygen atoms in total. The van der Waals surface area contributed by atoms with Gasteiger partial charge in [-0.3, -0.25) is 29.6 Å². The molecule has 3 aliphatic heterocycles. The molecule has 0 saturated carbocycles. The van der Waals surface area contributed by atoms with E-state index in [9.17, 15) is 14.4 Å². The van der Waals surface area contributed by atoms with Gasteiger partial charge in [0.15, 0.2) is 0 Å². The zero-order chi connectivity index (χ0) is 19.8. The van der Waals surface area contributed by atoms with Gasteiger partial charge in [-0.15, -0.1) is 0 Å². The molecule has 3 atom stereocenters. The van der Waals surface area contributed by atoms with Crippen LogP contribution in [0, 0.1) is 0 Å². The van der Waals surface area contributed by atoms with Crippen LogP contribution >= 0.6 is 0 Å². The fourth-order valence-corrected chi connectivity index (χ4v) is 4.51. The van der Waals surface area contributed by atoms with Gasteiger partial charge in [0.25, 0.3) is 5.91 Å². The van der Waals surface area contributed by atoms with Crippen molar-refractivity contribution >= 4 is 17.7 Å². The highest BCUT2D eigenvalue weighted by Gasteiger charge is 2.55. The van der Waals surface area contributed by atoms with Crippen LogP contribution < -0.4 is 5.32 Å². The molecule has 0 spiro atoms. The Kier molecular flexibility index (Phi) is 5.18. The van der Waals surface area contributed by atoms with Gasteiger partial charge in [-0.1, -0.05) is 30.3 Å². The summed E-state index contributed by atoms with van der Waals surface area (Å²) in [6.45, 7) is 3.85. The van der Waals surface area contributed by atoms with E-state index in [0.717, 1.165) is 37.4 Å². The molecule has 4 rings (SSSR count). The summed E-state index contributed by atoms with van der Waals surface area (Å²) < 4.78 is 0. The van der Waals surface area contributed by atoms with Gasteiger partial charge >= 0.3 is 6.03 Å². The number of benzene rings is 1. The predicted molar refractivity (Wildman–Crippen MR) is 103 cm³/mol. The van der Waals surface area contributed by atoms with Crippen molar-refractivity contribution in [2.45, 2.75) is 38.3 Å². The minimum absolute atomic E-state index is 0.0797. The quantitative estimate of drug-likeness (QED) is 0.786. The molecule has 0 radical (unpaired) electrons. The standard InChI is InChI=1S/C20H27N5O3/c1-14(26)13-25-18(27)16-17(22(2)20(25)28)21-19-23(10-6-11-24(16)19)12-9-15-7-4-3-5-8-15/h3-5,7-8,16-17,19,21H,6,9-13H2,1-2H3. The molecule has 3 heterocycles. The molecule has 150 valence electrons. The number of amides is 3. The maximum atomic E-state index is 13.1. The van der Waals surface area contributed by atoms with Crippen molar-refractivity contribution < 1.29 is 14.4 Å². The topological polar surface area (TPSA) is 76.2 Å². The highest BCUT2D eigenvalue weighted by Crippen LogP contribution is 2.30.